The molecule has 17 heavy (non-hydrogen) atoms. The van der Waals surface area contributed by atoms with Gasteiger partial charge in [-0.05, 0) is 31.5 Å². The van der Waals surface area contributed by atoms with Gasteiger partial charge in [0.2, 0.25) is 6.79 Å². The first-order chi connectivity index (χ1) is 8.08. The van der Waals surface area contributed by atoms with Crippen LogP contribution >= 0.6 is 0 Å². The lowest BCUT2D eigenvalue weighted by Gasteiger charge is -2.19. The highest BCUT2D eigenvalue weighted by molar-refractivity contribution is 5.45. The molecule has 1 aliphatic rings. The number of fused-ring (bicyclic) bond motifs is 1. The highest BCUT2D eigenvalue weighted by Crippen LogP contribution is 2.34. The van der Waals surface area contributed by atoms with E-state index in [2.05, 4.69) is 5.32 Å². The van der Waals surface area contributed by atoms with E-state index in [1.807, 2.05) is 19.1 Å². The van der Waals surface area contributed by atoms with Gasteiger partial charge in [0.1, 0.15) is 0 Å². The molecule has 1 aliphatic heterocycles. The Balaban J connectivity index is 2.07. The predicted octanol–water partition coefficient (Wildman–Crippen LogP) is 2.72. The van der Waals surface area contributed by atoms with Crippen molar-refractivity contribution in [2.75, 3.05) is 6.79 Å². The van der Waals surface area contributed by atoms with Gasteiger partial charge in [-0.3, -0.25) is 0 Å². The molecule has 2 unspecified atom stereocenters. The van der Waals surface area contributed by atoms with Crippen LogP contribution in [0.4, 0.5) is 8.78 Å². The molecule has 0 spiro atoms. The second-order valence-electron chi connectivity index (χ2n) is 4.12. The number of ether oxygens (including phenoxy) is 2. The number of hydrogen-bond donors (Lipinski definition) is 1. The third-order valence-corrected chi connectivity index (χ3v) is 2.79. The molecule has 0 fully saturated rings. The molecular formula is C12H15F2NO2. The summed E-state index contributed by atoms with van der Waals surface area (Å²) >= 11 is 0. The van der Waals surface area contributed by atoms with Crippen LogP contribution in [0, 0.1) is 0 Å². The van der Waals surface area contributed by atoms with E-state index in [9.17, 15) is 8.78 Å². The van der Waals surface area contributed by atoms with Crippen LogP contribution in [-0.2, 0) is 0 Å². The molecule has 0 aliphatic carbocycles. The molecule has 94 valence electrons. The van der Waals surface area contributed by atoms with E-state index in [-0.39, 0.29) is 12.8 Å². The van der Waals surface area contributed by atoms with E-state index in [1.54, 1.807) is 6.07 Å². The fraction of sp³-hybridized carbons (Fsp3) is 0.500. The SMILES string of the molecule is CC(NC(C)C(F)F)c1ccc2c(c1)OCO2. The zero-order chi connectivity index (χ0) is 12.4. The van der Waals surface area contributed by atoms with Crippen molar-refractivity contribution < 1.29 is 18.3 Å². The summed E-state index contributed by atoms with van der Waals surface area (Å²) in [6.45, 7) is 3.53. The van der Waals surface area contributed by atoms with Gasteiger partial charge in [-0.25, -0.2) is 8.78 Å². The largest absolute Gasteiger partial charge is 0.454 e. The van der Waals surface area contributed by atoms with Crippen molar-refractivity contribution in [2.24, 2.45) is 0 Å². The van der Waals surface area contributed by atoms with Crippen molar-refractivity contribution in [3.8, 4) is 11.5 Å². The lowest BCUT2D eigenvalue weighted by Crippen LogP contribution is -2.34. The van der Waals surface area contributed by atoms with Gasteiger partial charge in [0.05, 0.1) is 6.04 Å². The first kappa shape index (κ1) is 12.1. The molecule has 1 N–H and O–H groups in total. The van der Waals surface area contributed by atoms with Crippen LogP contribution in [0.1, 0.15) is 25.5 Å². The molecule has 1 aromatic carbocycles. The molecule has 0 bridgehead atoms. The van der Waals surface area contributed by atoms with Crippen LogP contribution in [0.15, 0.2) is 18.2 Å². The lowest BCUT2D eigenvalue weighted by atomic mass is 10.1. The summed E-state index contributed by atoms with van der Waals surface area (Å²) in [7, 11) is 0. The Hall–Kier alpha value is -1.36. The van der Waals surface area contributed by atoms with Gasteiger partial charge in [-0.1, -0.05) is 6.07 Å². The third-order valence-electron chi connectivity index (χ3n) is 2.79. The Morgan fingerprint density at radius 1 is 1.18 bits per heavy atom. The molecule has 1 aromatic rings. The smallest absolute Gasteiger partial charge is 0.253 e. The van der Waals surface area contributed by atoms with Gasteiger partial charge >= 0.3 is 0 Å². The summed E-state index contributed by atoms with van der Waals surface area (Å²) in [4.78, 5) is 0. The first-order valence-electron chi connectivity index (χ1n) is 5.51. The van der Waals surface area contributed by atoms with E-state index in [0.29, 0.717) is 11.5 Å². The summed E-state index contributed by atoms with van der Waals surface area (Å²) in [6, 6.07) is 4.47. The minimum absolute atomic E-state index is 0.159. The zero-order valence-electron chi connectivity index (χ0n) is 9.74. The van der Waals surface area contributed by atoms with Gasteiger partial charge in [-0.15, -0.1) is 0 Å². The molecular weight excluding hydrogens is 228 g/mol. The monoisotopic (exact) mass is 243 g/mol. The van der Waals surface area contributed by atoms with Crippen LogP contribution in [0.5, 0.6) is 11.5 Å². The summed E-state index contributed by atoms with van der Waals surface area (Å²) in [5, 5.41) is 2.84. The number of nitrogens with one attached hydrogen (secondary N) is 1. The Bertz CT molecular complexity index is 398. The summed E-state index contributed by atoms with van der Waals surface area (Å²) < 4.78 is 35.3. The van der Waals surface area contributed by atoms with Crippen LogP contribution in [0.3, 0.4) is 0 Å². The summed E-state index contributed by atoms with van der Waals surface area (Å²) in [5.74, 6) is 1.36. The maximum absolute atomic E-state index is 12.4. The maximum Gasteiger partial charge on any atom is 0.253 e. The number of halogens is 2. The molecule has 2 atom stereocenters. The molecule has 0 saturated heterocycles. The highest BCUT2D eigenvalue weighted by Gasteiger charge is 2.19. The molecule has 2 rings (SSSR count). The second kappa shape index (κ2) is 4.87. The van der Waals surface area contributed by atoms with Crippen LogP contribution in [0.2, 0.25) is 0 Å². The first-order valence-corrected chi connectivity index (χ1v) is 5.51. The summed E-state index contributed by atoms with van der Waals surface area (Å²) in [6.07, 6.45) is -2.37. The normalized spacial score (nSPS) is 17.2. The number of alkyl halides is 2. The molecule has 3 nitrogen and oxygen atoms in total. The van der Waals surface area contributed by atoms with Gasteiger partial charge in [0.15, 0.2) is 11.5 Å². The zero-order valence-corrected chi connectivity index (χ0v) is 9.74. The van der Waals surface area contributed by atoms with Gasteiger partial charge in [0.25, 0.3) is 6.43 Å². The predicted molar refractivity (Wildman–Crippen MR) is 59.6 cm³/mol. The quantitative estimate of drug-likeness (QED) is 0.882. The Morgan fingerprint density at radius 2 is 1.88 bits per heavy atom. The van der Waals surface area contributed by atoms with E-state index in [1.165, 1.54) is 6.92 Å². The van der Waals surface area contributed by atoms with E-state index < -0.39 is 12.5 Å². The van der Waals surface area contributed by atoms with E-state index >= 15 is 0 Å². The fourth-order valence-electron chi connectivity index (χ4n) is 1.75. The number of benzene rings is 1. The van der Waals surface area contributed by atoms with Crippen LogP contribution in [0.25, 0.3) is 0 Å². The Kier molecular flexibility index (Phi) is 3.47. The number of rotatable bonds is 4. The Labute approximate surface area is 98.7 Å². The van der Waals surface area contributed by atoms with Crippen molar-refractivity contribution in [1.29, 1.82) is 0 Å². The fourth-order valence-corrected chi connectivity index (χ4v) is 1.75. The van der Waals surface area contributed by atoms with Gasteiger partial charge in [-0.2, -0.15) is 0 Å². The molecule has 0 saturated carbocycles. The molecule has 5 heteroatoms. The molecule has 1 heterocycles. The van der Waals surface area contributed by atoms with Crippen molar-refractivity contribution in [2.45, 2.75) is 32.4 Å². The topological polar surface area (TPSA) is 30.5 Å². The second-order valence-corrected chi connectivity index (χ2v) is 4.12. The van der Waals surface area contributed by atoms with Crippen molar-refractivity contribution in [1.82, 2.24) is 5.32 Å². The average molecular weight is 243 g/mol. The van der Waals surface area contributed by atoms with Crippen LogP contribution < -0.4 is 14.8 Å². The van der Waals surface area contributed by atoms with Crippen LogP contribution in [-0.4, -0.2) is 19.3 Å². The van der Waals surface area contributed by atoms with Crippen molar-refractivity contribution >= 4 is 0 Å². The molecule has 0 radical (unpaired) electrons. The van der Waals surface area contributed by atoms with E-state index in [4.69, 9.17) is 9.47 Å². The lowest BCUT2D eigenvalue weighted by molar-refractivity contribution is 0.101. The van der Waals surface area contributed by atoms with E-state index in [0.717, 1.165) is 5.56 Å². The summed E-state index contributed by atoms with van der Waals surface area (Å²) in [5.41, 5.74) is 0.904. The molecule has 0 aromatic heterocycles. The number of hydrogen-bond acceptors (Lipinski definition) is 3. The standard InChI is InChI=1S/C12H15F2NO2/c1-7(15-8(2)12(13)14)9-3-4-10-11(5-9)17-6-16-10/h3-5,7-8,12,15H,6H2,1-2H3. The minimum Gasteiger partial charge on any atom is -0.454 e. The van der Waals surface area contributed by atoms with Gasteiger partial charge < -0.3 is 14.8 Å². The molecule has 0 amide bonds. The Morgan fingerprint density at radius 3 is 2.59 bits per heavy atom. The van der Waals surface area contributed by atoms with Crippen molar-refractivity contribution in [3.63, 3.8) is 0 Å². The average Bonchev–Trinajstić information content (AvgIpc) is 2.75. The third kappa shape index (κ3) is 2.66. The minimum atomic E-state index is -2.37. The van der Waals surface area contributed by atoms with Crippen molar-refractivity contribution in [3.05, 3.63) is 23.8 Å². The van der Waals surface area contributed by atoms with Gasteiger partial charge in [0, 0.05) is 6.04 Å². The highest BCUT2D eigenvalue weighted by atomic mass is 19.3. The maximum atomic E-state index is 12.4.